The standard InChI is InChI=1S/C8H14N2/c1-10(9)7-8-5-3-2-4-6-8/h3,5-6H,2,4,7,9H2,1H3. The van der Waals surface area contributed by atoms with Gasteiger partial charge in [-0.2, -0.15) is 0 Å². The Morgan fingerprint density at radius 2 is 2.40 bits per heavy atom. The van der Waals surface area contributed by atoms with E-state index in [1.165, 1.54) is 18.4 Å². The van der Waals surface area contributed by atoms with Gasteiger partial charge in [-0.15, -0.1) is 0 Å². The molecular formula is C8H14N2. The molecule has 56 valence electrons. The summed E-state index contributed by atoms with van der Waals surface area (Å²) in [5, 5.41) is 1.70. The van der Waals surface area contributed by atoms with E-state index in [1.54, 1.807) is 5.01 Å². The van der Waals surface area contributed by atoms with Gasteiger partial charge >= 0.3 is 0 Å². The fourth-order valence-electron chi connectivity index (χ4n) is 1.07. The normalized spacial score (nSPS) is 17.7. The second-order valence-electron chi connectivity index (χ2n) is 2.67. The largest absolute Gasteiger partial charge is 0.269 e. The Morgan fingerprint density at radius 3 is 2.90 bits per heavy atom. The second-order valence-corrected chi connectivity index (χ2v) is 2.67. The van der Waals surface area contributed by atoms with Crippen molar-refractivity contribution >= 4 is 0 Å². The van der Waals surface area contributed by atoms with Crippen LogP contribution >= 0.6 is 0 Å². The van der Waals surface area contributed by atoms with E-state index in [-0.39, 0.29) is 0 Å². The van der Waals surface area contributed by atoms with Crippen LogP contribution in [0.5, 0.6) is 0 Å². The summed E-state index contributed by atoms with van der Waals surface area (Å²) in [7, 11) is 1.88. The molecule has 0 spiro atoms. The number of hydrogen-bond acceptors (Lipinski definition) is 2. The molecule has 0 heterocycles. The van der Waals surface area contributed by atoms with Crippen LogP contribution in [0.2, 0.25) is 0 Å². The molecule has 2 nitrogen and oxygen atoms in total. The Morgan fingerprint density at radius 1 is 1.60 bits per heavy atom. The van der Waals surface area contributed by atoms with Crippen molar-refractivity contribution < 1.29 is 0 Å². The maximum Gasteiger partial charge on any atom is 0.0372 e. The molecule has 0 saturated carbocycles. The number of hydrazine groups is 1. The Bertz CT molecular complexity index is 157. The minimum Gasteiger partial charge on any atom is -0.269 e. The summed E-state index contributed by atoms with van der Waals surface area (Å²) in [6.07, 6.45) is 8.92. The first-order valence-electron chi connectivity index (χ1n) is 3.60. The molecule has 1 aliphatic rings. The lowest BCUT2D eigenvalue weighted by molar-refractivity contribution is 0.382. The van der Waals surface area contributed by atoms with Gasteiger partial charge in [-0.25, -0.2) is 5.01 Å². The highest BCUT2D eigenvalue weighted by Gasteiger charge is 1.97. The Kier molecular flexibility index (Phi) is 2.66. The highest BCUT2D eigenvalue weighted by atomic mass is 15.4. The lowest BCUT2D eigenvalue weighted by atomic mass is 10.1. The molecule has 0 bridgehead atoms. The topological polar surface area (TPSA) is 29.3 Å². The molecule has 0 aliphatic heterocycles. The fourth-order valence-corrected chi connectivity index (χ4v) is 1.07. The third-order valence-corrected chi connectivity index (χ3v) is 1.50. The molecule has 2 heteroatoms. The molecule has 0 aromatic rings. The molecule has 0 amide bonds. The van der Waals surface area contributed by atoms with Crippen molar-refractivity contribution in [2.45, 2.75) is 12.8 Å². The van der Waals surface area contributed by atoms with Crippen molar-refractivity contribution in [3.05, 3.63) is 23.8 Å². The number of allylic oxidation sites excluding steroid dienone is 2. The molecule has 0 aromatic heterocycles. The lowest BCUT2D eigenvalue weighted by Gasteiger charge is -2.11. The third-order valence-electron chi connectivity index (χ3n) is 1.50. The zero-order chi connectivity index (χ0) is 7.40. The maximum absolute atomic E-state index is 5.48. The highest BCUT2D eigenvalue weighted by molar-refractivity contribution is 5.23. The van der Waals surface area contributed by atoms with Crippen molar-refractivity contribution in [3.8, 4) is 0 Å². The number of likely N-dealkylation sites (N-methyl/N-ethyl adjacent to an activating group) is 1. The molecule has 0 aromatic carbocycles. The average molecular weight is 138 g/mol. The molecule has 0 atom stereocenters. The van der Waals surface area contributed by atoms with Crippen LogP contribution in [0.3, 0.4) is 0 Å². The summed E-state index contributed by atoms with van der Waals surface area (Å²) in [6.45, 7) is 0.858. The van der Waals surface area contributed by atoms with E-state index in [0.717, 1.165) is 6.54 Å². The van der Waals surface area contributed by atoms with E-state index in [2.05, 4.69) is 18.2 Å². The zero-order valence-corrected chi connectivity index (χ0v) is 6.38. The minimum absolute atomic E-state index is 0.858. The summed E-state index contributed by atoms with van der Waals surface area (Å²) in [5.74, 6) is 5.48. The van der Waals surface area contributed by atoms with E-state index in [4.69, 9.17) is 5.84 Å². The molecule has 0 saturated heterocycles. The first kappa shape index (κ1) is 7.51. The molecule has 1 rings (SSSR count). The molecule has 1 aliphatic carbocycles. The van der Waals surface area contributed by atoms with Gasteiger partial charge in [0.15, 0.2) is 0 Å². The van der Waals surface area contributed by atoms with Gasteiger partial charge in [-0.05, 0) is 18.4 Å². The third kappa shape index (κ3) is 2.33. The van der Waals surface area contributed by atoms with Crippen LogP contribution in [0.25, 0.3) is 0 Å². The van der Waals surface area contributed by atoms with Crippen molar-refractivity contribution in [3.63, 3.8) is 0 Å². The first-order valence-corrected chi connectivity index (χ1v) is 3.60. The van der Waals surface area contributed by atoms with Crippen molar-refractivity contribution in [2.24, 2.45) is 5.84 Å². The van der Waals surface area contributed by atoms with Crippen LogP contribution < -0.4 is 5.84 Å². The van der Waals surface area contributed by atoms with Gasteiger partial charge in [-0.1, -0.05) is 18.2 Å². The summed E-state index contributed by atoms with van der Waals surface area (Å²) < 4.78 is 0. The number of nitrogens with two attached hydrogens (primary N) is 1. The quantitative estimate of drug-likeness (QED) is 0.457. The van der Waals surface area contributed by atoms with Crippen molar-refractivity contribution in [1.82, 2.24) is 5.01 Å². The molecular weight excluding hydrogens is 124 g/mol. The van der Waals surface area contributed by atoms with Gasteiger partial charge < -0.3 is 0 Å². The monoisotopic (exact) mass is 138 g/mol. The summed E-state index contributed by atoms with van der Waals surface area (Å²) in [5.41, 5.74) is 1.33. The predicted octanol–water partition coefficient (Wildman–Crippen LogP) is 1.07. The van der Waals surface area contributed by atoms with E-state index in [9.17, 15) is 0 Å². The molecule has 0 unspecified atom stereocenters. The van der Waals surface area contributed by atoms with Gasteiger partial charge in [0.2, 0.25) is 0 Å². The molecule has 0 radical (unpaired) electrons. The van der Waals surface area contributed by atoms with Crippen LogP contribution in [-0.4, -0.2) is 18.6 Å². The number of rotatable bonds is 2. The van der Waals surface area contributed by atoms with E-state index < -0.39 is 0 Å². The highest BCUT2D eigenvalue weighted by Crippen LogP contribution is 2.08. The summed E-state index contributed by atoms with van der Waals surface area (Å²) in [6, 6.07) is 0. The second kappa shape index (κ2) is 3.54. The predicted molar refractivity (Wildman–Crippen MR) is 43.3 cm³/mol. The Labute approximate surface area is 62.0 Å². The lowest BCUT2D eigenvalue weighted by Crippen LogP contribution is -2.27. The Hall–Kier alpha value is -0.600. The van der Waals surface area contributed by atoms with Crippen molar-refractivity contribution in [1.29, 1.82) is 0 Å². The summed E-state index contributed by atoms with van der Waals surface area (Å²) in [4.78, 5) is 0. The van der Waals surface area contributed by atoms with Crippen LogP contribution in [0.15, 0.2) is 23.8 Å². The smallest absolute Gasteiger partial charge is 0.0372 e. The number of hydrogen-bond donors (Lipinski definition) is 1. The fraction of sp³-hybridized carbons (Fsp3) is 0.500. The van der Waals surface area contributed by atoms with Crippen LogP contribution in [-0.2, 0) is 0 Å². The molecule has 10 heavy (non-hydrogen) atoms. The van der Waals surface area contributed by atoms with E-state index >= 15 is 0 Å². The van der Waals surface area contributed by atoms with Crippen LogP contribution in [0.1, 0.15) is 12.8 Å². The van der Waals surface area contributed by atoms with Crippen LogP contribution in [0, 0.1) is 0 Å². The molecule has 2 N–H and O–H groups in total. The number of nitrogens with zero attached hydrogens (tertiary/aromatic N) is 1. The minimum atomic E-state index is 0.858. The van der Waals surface area contributed by atoms with Gasteiger partial charge in [0.25, 0.3) is 0 Å². The average Bonchev–Trinajstić information content (AvgIpc) is 1.88. The van der Waals surface area contributed by atoms with Gasteiger partial charge in [0, 0.05) is 13.6 Å². The molecule has 0 fully saturated rings. The van der Waals surface area contributed by atoms with Crippen LogP contribution in [0.4, 0.5) is 0 Å². The van der Waals surface area contributed by atoms with E-state index in [0.29, 0.717) is 0 Å². The zero-order valence-electron chi connectivity index (χ0n) is 6.38. The summed E-state index contributed by atoms with van der Waals surface area (Å²) >= 11 is 0. The first-order chi connectivity index (χ1) is 4.79. The van der Waals surface area contributed by atoms with Gasteiger partial charge in [0.05, 0.1) is 0 Å². The maximum atomic E-state index is 5.48. The van der Waals surface area contributed by atoms with Gasteiger partial charge in [-0.3, -0.25) is 5.84 Å². The Balaban J connectivity index is 2.40. The van der Waals surface area contributed by atoms with Gasteiger partial charge in [0.1, 0.15) is 0 Å². The van der Waals surface area contributed by atoms with E-state index in [1.807, 2.05) is 7.05 Å². The SMILES string of the molecule is CN(N)CC1=CCCC=C1. The van der Waals surface area contributed by atoms with Crippen molar-refractivity contribution in [2.75, 3.05) is 13.6 Å².